The highest BCUT2D eigenvalue weighted by Gasteiger charge is 2.15. The van der Waals surface area contributed by atoms with Crippen molar-refractivity contribution < 1.29 is 4.79 Å². The first kappa shape index (κ1) is 16.6. The first-order valence-electron chi connectivity index (χ1n) is 7.43. The van der Waals surface area contributed by atoms with Crippen LogP contribution in [0.1, 0.15) is 34.6 Å². The van der Waals surface area contributed by atoms with Gasteiger partial charge in [-0.2, -0.15) is 0 Å². The number of nitrogens with one attached hydrogen (secondary N) is 1. The van der Waals surface area contributed by atoms with E-state index < -0.39 is 0 Å². The number of nitrogens with zero attached hydrogens (tertiary/aromatic N) is 3. The lowest BCUT2D eigenvalue weighted by atomic mass is 10.1. The van der Waals surface area contributed by atoms with Crippen molar-refractivity contribution in [2.45, 2.75) is 25.8 Å². The summed E-state index contributed by atoms with van der Waals surface area (Å²) in [7, 11) is 0. The van der Waals surface area contributed by atoms with Crippen LogP contribution in [-0.2, 0) is 6.54 Å². The number of carbonyl (C=O) groups is 1. The number of anilines is 1. The van der Waals surface area contributed by atoms with Crippen molar-refractivity contribution in [3.05, 3.63) is 38.8 Å². The first-order chi connectivity index (χ1) is 11.1. The highest BCUT2D eigenvalue weighted by Crippen LogP contribution is 2.24. The van der Waals surface area contributed by atoms with Crippen LogP contribution in [0.4, 0.5) is 5.13 Å². The van der Waals surface area contributed by atoms with Gasteiger partial charge >= 0.3 is 0 Å². The van der Waals surface area contributed by atoms with Gasteiger partial charge in [0.1, 0.15) is 5.01 Å². The minimum atomic E-state index is -0.274. The molecule has 1 aliphatic heterocycles. The van der Waals surface area contributed by atoms with E-state index in [0.29, 0.717) is 20.7 Å². The van der Waals surface area contributed by atoms with E-state index in [1.807, 2.05) is 0 Å². The number of rotatable bonds is 4. The molecule has 0 saturated carbocycles. The summed E-state index contributed by atoms with van der Waals surface area (Å²) in [6.07, 6.45) is 3.77. The molecule has 0 radical (unpaired) electrons. The monoisotopic (exact) mass is 370 g/mol. The maximum absolute atomic E-state index is 12.2. The lowest BCUT2D eigenvalue weighted by Gasteiger charge is -2.24. The molecule has 1 aromatic heterocycles. The van der Waals surface area contributed by atoms with Gasteiger partial charge in [0.15, 0.2) is 0 Å². The number of halogens is 2. The zero-order valence-corrected chi connectivity index (χ0v) is 14.7. The maximum Gasteiger partial charge on any atom is 0.257 e. The van der Waals surface area contributed by atoms with Crippen LogP contribution in [0.15, 0.2) is 18.2 Å². The molecule has 122 valence electrons. The number of piperidine rings is 1. The number of amides is 1. The molecule has 0 unspecified atom stereocenters. The Morgan fingerprint density at radius 2 is 1.96 bits per heavy atom. The Kier molecular flexibility index (Phi) is 5.48. The number of carbonyl (C=O) groups excluding carboxylic acids is 1. The minimum Gasteiger partial charge on any atom is -0.297 e. The molecule has 1 saturated heterocycles. The molecule has 2 heterocycles. The van der Waals surface area contributed by atoms with Crippen molar-refractivity contribution in [2.75, 3.05) is 18.4 Å². The second-order valence-electron chi connectivity index (χ2n) is 5.42. The molecule has 3 rings (SSSR count). The van der Waals surface area contributed by atoms with Gasteiger partial charge in [0, 0.05) is 5.56 Å². The average molecular weight is 371 g/mol. The quantitative estimate of drug-likeness (QED) is 0.880. The zero-order valence-electron chi connectivity index (χ0n) is 12.4. The van der Waals surface area contributed by atoms with Crippen LogP contribution in [-0.4, -0.2) is 34.1 Å². The van der Waals surface area contributed by atoms with E-state index in [9.17, 15) is 4.79 Å². The van der Waals surface area contributed by atoms with E-state index in [1.165, 1.54) is 36.7 Å². The van der Waals surface area contributed by atoms with Gasteiger partial charge in [-0.25, -0.2) is 0 Å². The first-order valence-corrected chi connectivity index (χ1v) is 9.00. The van der Waals surface area contributed by atoms with Gasteiger partial charge in [0.2, 0.25) is 5.13 Å². The number of likely N-dealkylation sites (tertiary alicyclic amines) is 1. The van der Waals surface area contributed by atoms with E-state index in [0.717, 1.165) is 24.6 Å². The van der Waals surface area contributed by atoms with Gasteiger partial charge < -0.3 is 0 Å². The highest BCUT2D eigenvalue weighted by molar-refractivity contribution is 7.15. The highest BCUT2D eigenvalue weighted by atomic mass is 35.5. The number of hydrogen-bond donors (Lipinski definition) is 1. The Labute approximate surface area is 148 Å². The summed E-state index contributed by atoms with van der Waals surface area (Å²) >= 11 is 13.2. The Bertz CT molecular complexity index is 701. The summed E-state index contributed by atoms with van der Waals surface area (Å²) in [5.41, 5.74) is 0.437. The minimum absolute atomic E-state index is 0.274. The summed E-state index contributed by atoms with van der Waals surface area (Å²) in [6.45, 7) is 3.00. The van der Waals surface area contributed by atoms with Gasteiger partial charge in [0.25, 0.3) is 5.91 Å². The van der Waals surface area contributed by atoms with Crippen molar-refractivity contribution in [1.29, 1.82) is 0 Å². The summed E-state index contributed by atoms with van der Waals surface area (Å²) in [5, 5.41) is 13.1. The summed E-state index contributed by atoms with van der Waals surface area (Å²) in [4.78, 5) is 14.6. The third-order valence-corrected chi connectivity index (χ3v) is 5.24. The lowest BCUT2D eigenvalue weighted by molar-refractivity contribution is 0.102. The van der Waals surface area contributed by atoms with Gasteiger partial charge in [-0.1, -0.05) is 41.0 Å². The molecule has 1 amide bonds. The molecular formula is C15H16Cl2N4OS. The number of aromatic nitrogens is 2. The van der Waals surface area contributed by atoms with E-state index in [-0.39, 0.29) is 5.91 Å². The molecule has 0 spiro atoms. The van der Waals surface area contributed by atoms with Crippen LogP contribution < -0.4 is 5.32 Å². The lowest BCUT2D eigenvalue weighted by Crippen LogP contribution is -2.28. The third kappa shape index (κ3) is 4.41. The largest absolute Gasteiger partial charge is 0.297 e. The van der Waals surface area contributed by atoms with Gasteiger partial charge in [-0.05, 0) is 44.1 Å². The average Bonchev–Trinajstić information content (AvgIpc) is 2.98. The van der Waals surface area contributed by atoms with Crippen LogP contribution in [0.3, 0.4) is 0 Å². The SMILES string of the molecule is O=C(Nc1nnc(CN2CCCCC2)s1)c1ccc(Cl)c(Cl)c1. The molecule has 8 heteroatoms. The second-order valence-corrected chi connectivity index (χ2v) is 7.30. The van der Waals surface area contributed by atoms with E-state index in [2.05, 4.69) is 20.4 Å². The van der Waals surface area contributed by atoms with Crippen LogP contribution in [0.2, 0.25) is 10.0 Å². The van der Waals surface area contributed by atoms with E-state index >= 15 is 0 Å². The van der Waals surface area contributed by atoms with E-state index in [1.54, 1.807) is 12.1 Å². The Morgan fingerprint density at radius 3 is 2.70 bits per heavy atom. The summed E-state index contributed by atoms with van der Waals surface area (Å²) in [6, 6.07) is 4.76. The molecular weight excluding hydrogens is 355 g/mol. The topological polar surface area (TPSA) is 58.1 Å². The summed E-state index contributed by atoms with van der Waals surface area (Å²) < 4.78 is 0. The molecule has 2 aromatic rings. The van der Waals surface area contributed by atoms with E-state index in [4.69, 9.17) is 23.2 Å². The number of benzene rings is 1. The van der Waals surface area contributed by atoms with Gasteiger partial charge in [-0.3, -0.25) is 15.0 Å². The fourth-order valence-corrected chi connectivity index (χ4v) is 3.56. The smallest absolute Gasteiger partial charge is 0.257 e. The molecule has 23 heavy (non-hydrogen) atoms. The molecule has 0 atom stereocenters. The Balaban J connectivity index is 1.61. The molecule has 5 nitrogen and oxygen atoms in total. The fraction of sp³-hybridized carbons (Fsp3) is 0.400. The van der Waals surface area contributed by atoms with Gasteiger partial charge in [-0.15, -0.1) is 10.2 Å². The van der Waals surface area contributed by atoms with Crippen LogP contribution in [0.5, 0.6) is 0 Å². The second kappa shape index (κ2) is 7.57. The maximum atomic E-state index is 12.2. The summed E-state index contributed by atoms with van der Waals surface area (Å²) in [5.74, 6) is -0.274. The molecule has 1 N–H and O–H groups in total. The predicted octanol–water partition coefficient (Wildman–Crippen LogP) is 4.08. The molecule has 1 aliphatic rings. The van der Waals surface area contributed by atoms with Crippen LogP contribution in [0, 0.1) is 0 Å². The molecule has 1 aromatic carbocycles. The standard InChI is InChI=1S/C15H16Cl2N4OS/c16-11-5-4-10(8-12(11)17)14(22)18-15-20-19-13(23-15)9-21-6-2-1-3-7-21/h4-5,8H,1-3,6-7,9H2,(H,18,20,22). The molecule has 0 aliphatic carbocycles. The number of hydrogen-bond acceptors (Lipinski definition) is 5. The van der Waals surface area contributed by atoms with Crippen LogP contribution >= 0.6 is 34.5 Å². The van der Waals surface area contributed by atoms with Crippen molar-refractivity contribution in [2.24, 2.45) is 0 Å². The zero-order chi connectivity index (χ0) is 16.2. The third-order valence-electron chi connectivity index (χ3n) is 3.68. The normalized spacial score (nSPS) is 15.6. The van der Waals surface area contributed by atoms with Crippen molar-refractivity contribution in [3.8, 4) is 0 Å². The predicted molar refractivity (Wildman–Crippen MR) is 93.5 cm³/mol. The van der Waals surface area contributed by atoms with Crippen molar-refractivity contribution in [1.82, 2.24) is 15.1 Å². The Morgan fingerprint density at radius 1 is 1.17 bits per heavy atom. The van der Waals surface area contributed by atoms with Crippen molar-refractivity contribution >= 4 is 45.6 Å². The van der Waals surface area contributed by atoms with Crippen LogP contribution in [0.25, 0.3) is 0 Å². The Hall–Kier alpha value is -1.21. The van der Waals surface area contributed by atoms with Gasteiger partial charge in [0.05, 0.1) is 16.6 Å². The molecule has 1 fully saturated rings. The molecule has 0 bridgehead atoms. The fourth-order valence-electron chi connectivity index (χ4n) is 2.48. The van der Waals surface area contributed by atoms with Crippen molar-refractivity contribution in [3.63, 3.8) is 0 Å².